The number of nitrogens with one attached hydrogen (secondary N) is 1. The lowest BCUT2D eigenvalue weighted by molar-refractivity contribution is -0.120. The molecule has 0 unspecified atom stereocenters. The topological polar surface area (TPSA) is 66.5 Å². The fourth-order valence-electron chi connectivity index (χ4n) is 1.56. The van der Waals surface area contributed by atoms with Gasteiger partial charge in [0.15, 0.2) is 0 Å². The van der Waals surface area contributed by atoms with Gasteiger partial charge in [0.25, 0.3) is 0 Å². The Balaban J connectivity index is 3.11. The summed E-state index contributed by atoms with van der Waals surface area (Å²) in [6.07, 6.45) is 0.906. The van der Waals surface area contributed by atoms with E-state index in [0.29, 0.717) is 4.31 Å². The van der Waals surface area contributed by atoms with Gasteiger partial charge in [-0.05, 0) is 32.0 Å². The van der Waals surface area contributed by atoms with E-state index in [1.54, 1.807) is 13.8 Å². The number of amides is 1. The second-order valence-electron chi connectivity index (χ2n) is 4.59. The van der Waals surface area contributed by atoms with Crippen LogP contribution in [0.2, 0.25) is 5.02 Å². The molecule has 1 rings (SSSR count). The highest BCUT2D eigenvalue weighted by Gasteiger charge is 2.23. The maximum absolute atomic E-state index is 13.8. The maximum Gasteiger partial charge on any atom is 0.240 e. The van der Waals surface area contributed by atoms with Crippen LogP contribution in [0.15, 0.2) is 18.2 Å². The molecule has 0 saturated heterocycles. The number of rotatable bonds is 5. The van der Waals surface area contributed by atoms with E-state index >= 15 is 0 Å². The van der Waals surface area contributed by atoms with Crippen molar-refractivity contribution in [2.75, 3.05) is 17.1 Å². The van der Waals surface area contributed by atoms with Crippen molar-refractivity contribution in [2.45, 2.75) is 19.9 Å². The van der Waals surface area contributed by atoms with Crippen LogP contribution in [0.5, 0.6) is 0 Å². The van der Waals surface area contributed by atoms with E-state index in [4.69, 9.17) is 11.6 Å². The Morgan fingerprint density at radius 3 is 2.50 bits per heavy atom. The molecule has 0 aliphatic carbocycles. The van der Waals surface area contributed by atoms with Crippen molar-refractivity contribution in [3.63, 3.8) is 0 Å². The van der Waals surface area contributed by atoms with Crippen LogP contribution in [0, 0.1) is 5.82 Å². The molecule has 0 aliphatic rings. The number of hydrogen-bond donors (Lipinski definition) is 1. The lowest BCUT2D eigenvalue weighted by Crippen LogP contribution is -2.42. The third-order valence-corrected chi connectivity index (χ3v) is 3.68. The average Bonchev–Trinajstić information content (AvgIpc) is 2.24. The average molecular weight is 323 g/mol. The second-order valence-corrected chi connectivity index (χ2v) is 6.93. The molecule has 1 aromatic rings. The minimum atomic E-state index is -3.79. The van der Waals surface area contributed by atoms with Crippen molar-refractivity contribution in [2.24, 2.45) is 0 Å². The van der Waals surface area contributed by atoms with Crippen molar-refractivity contribution in [3.8, 4) is 0 Å². The van der Waals surface area contributed by atoms with Crippen LogP contribution in [0.25, 0.3) is 0 Å². The van der Waals surface area contributed by atoms with Crippen LogP contribution in [-0.4, -0.2) is 33.2 Å². The highest BCUT2D eigenvalue weighted by Crippen LogP contribution is 2.24. The van der Waals surface area contributed by atoms with Crippen LogP contribution in [-0.2, 0) is 14.8 Å². The molecule has 0 saturated carbocycles. The Hall–Kier alpha value is -1.34. The summed E-state index contributed by atoms with van der Waals surface area (Å²) >= 11 is 5.62. The van der Waals surface area contributed by atoms with Crippen molar-refractivity contribution in [3.05, 3.63) is 29.0 Å². The van der Waals surface area contributed by atoms with Crippen molar-refractivity contribution in [1.29, 1.82) is 0 Å². The third-order valence-electron chi connectivity index (χ3n) is 2.32. The van der Waals surface area contributed by atoms with Crippen molar-refractivity contribution in [1.82, 2.24) is 5.32 Å². The molecule has 20 heavy (non-hydrogen) atoms. The van der Waals surface area contributed by atoms with E-state index in [2.05, 4.69) is 5.32 Å². The molecule has 1 aromatic carbocycles. The van der Waals surface area contributed by atoms with Crippen LogP contribution in [0.3, 0.4) is 0 Å². The van der Waals surface area contributed by atoms with Gasteiger partial charge in [-0.2, -0.15) is 0 Å². The molecular weight excluding hydrogens is 307 g/mol. The molecule has 0 aromatic heterocycles. The summed E-state index contributed by atoms with van der Waals surface area (Å²) in [5, 5.41) is 2.70. The van der Waals surface area contributed by atoms with E-state index < -0.39 is 28.3 Å². The van der Waals surface area contributed by atoms with Gasteiger partial charge < -0.3 is 5.32 Å². The summed E-state index contributed by atoms with van der Waals surface area (Å²) in [6, 6.07) is 3.44. The van der Waals surface area contributed by atoms with E-state index in [1.807, 2.05) is 0 Å². The molecule has 1 amide bonds. The lowest BCUT2D eigenvalue weighted by atomic mass is 10.3. The first kappa shape index (κ1) is 16.7. The zero-order valence-electron chi connectivity index (χ0n) is 11.4. The molecular formula is C12H16ClFN2O3S. The molecule has 0 radical (unpaired) electrons. The Morgan fingerprint density at radius 1 is 1.45 bits per heavy atom. The Kier molecular flexibility index (Phi) is 5.35. The Labute approximate surface area is 122 Å². The smallest absolute Gasteiger partial charge is 0.240 e. The fourth-order valence-corrected chi connectivity index (χ4v) is 2.58. The van der Waals surface area contributed by atoms with Crippen LogP contribution in [0.1, 0.15) is 13.8 Å². The maximum atomic E-state index is 13.8. The monoisotopic (exact) mass is 322 g/mol. The lowest BCUT2D eigenvalue weighted by Gasteiger charge is -2.23. The largest absolute Gasteiger partial charge is 0.352 e. The number of nitrogens with zero attached hydrogens (tertiary/aromatic N) is 1. The summed E-state index contributed by atoms with van der Waals surface area (Å²) in [5.74, 6) is -1.32. The number of halogens is 2. The Morgan fingerprint density at radius 2 is 2.05 bits per heavy atom. The molecule has 0 spiro atoms. The first-order valence-corrected chi connectivity index (χ1v) is 8.06. The molecule has 0 bridgehead atoms. The summed E-state index contributed by atoms with van der Waals surface area (Å²) in [6.45, 7) is 2.99. The number of sulfonamides is 1. The summed E-state index contributed by atoms with van der Waals surface area (Å²) in [5.41, 5.74) is -0.212. The van der Waals surface area contributed by atoms with Gasteiger partial charge in [-0.3, -0.25) is 9.10 Å². The molecule has 5 nitrogen and oxygen atoms in total. The number of anilines is 1. The fraction of sp³-hybridized carbons (Fsp3) is 0.417. The zero-order chi connectivity index (χ0) is 15.5. The Bertz CT molecular complexity index is 605. The van der Waals surface area contributed by atoms with Gasteiger partial charge in [0.1, 0.15) is 12.4 Å². The van der Waals surface area contributed by atoms with Gasteiger partial charge in [-0.15, -0.1) is 0 Å². The van der Waals surface area contributed by atoms with Gasteiger partial charge in [0.2, 0.25) is 15.9 Å². The van der Waals surface area contributed by atoms with E-state index in [9.17, 15) is 17.6 Å². The second kappa shape index (κ2) is 6.41. The highest BCUT2D eigenvalue weighted by atomic mass is 35.5. The number of hydrogen-bond acceptors (Lipinski definition) is 3. The van der Waals surface area contributed by atoms with Gasteiger partial charge in [0.05, 0.1) is 11.9 Å². The van der Waals surface area contributed by atoms with Crippen LogP contribution >= 0.6 is 11.6 Å². The highest BCUT2D eigenvalue weighted by molar-refractivity contribution is 7.92. The first-order valence-electron chi connectivity index (χ1n) is 5.83. The van der Waals surface area contributed by atoms with Gasteiger partial charge in [0, 0.05) is 11.1 Å². The third kappa shape index (κ3) is 4.64. The molecule has 0 heterocycles. The molecule has 8 heteroatoms. The molecule has 112 valence electrons. The molecule has 1 N–H and O–H groups in total. The normalized spacial score (nSPS) is 11.5. The van der Waals surface area contributed by atoms with Crippen molar-refractivity contribution >= 4 is 33.2 Å². The predicted molar refractivity (Wildman–Crippen MR) is 76.9 cm³/mol. The zero-order valence-corrected chi connectivity index (χ0v) is 12.9. The quantitative estimate of drug-likeness (QED) is 0.898. The minimum absolute atomic E-state index is 0.140. The first-order chi connectivity index (χ1) is 9.11. The molecule has 0 atom stereocenters. The standard InChI is InChI=1S/C12H16ClFN2O3S/c1-8(2)15-12(17)7-16(20(3,18)19)11-5-4-9(13)6-10(11)14/h4-6,8H,7H2,1-3H3,(H,15,17). The van der Waals surface area contributed by atoms with Gasteiger partial charge >= 0.3 is 0 Å². The van der Waals surface area contributed by atoms with E-state index in [-0.39, 0.29) is 16.8 Å². The van der Waals surface area contributed by atoms with Crippen molar-refractivity contribution < 1.29 is 17.6 Å². The van der Waals surface area contributed by atoms with Gasteiger partial charge in [-0.1, -0.05) is 11.6 Å². The number of carbonyl (C=O) groups excluding carboxylic acids is 1. The predicted octanol–water partition coefficient (Wildman–Crippen LogP) is 1.77. The number of benzene rings is 1. The molecule has 0 fully saturated rings. The van der Waals surface area contributed by atoms with E-state index in [1.165, 1.54) is 12.1 Å². The number of carbonyl (C=O) groups is 1. The van der Waals surface area contributed by atoms with Crippen LogP contribution in [0.4, 0.5) is 10.1 Å². The summed E-state index contributed by atoms with van der Waals surface area (Å²) < 4.78 is 38.0. The minimum Gasteiger partial charge on any atom is -0.352 e. The van der Waals surface area contributed by atoms with E-state index in [0.717, 1.165) is 12.3 Å². The summed E-state index contributed by atoms with van der Waals surface area (Å²) in [7, 11) is -3.79. The van der Waals surface area contributed by atoms with Gasteiger partial charge in [-0.25, -0.2) is 12.8 Å². The SMILES string of the molecule is CC(C)NC(=O)CN(c1ccc(Cl)cc1F)S(C)(=O)=O. The molecule has 0 aliphatic heterocycles. The summed E-state index contributed by atoms with van der Waals surface area (Å²) in [4.78, 5) is 11.7. The van der Waals surface area contributed by atoms with Crippen LogP contribution < -0.4 is 9.62 Å².